The first-order valence-corrected chi connectivity index (χ1v) is 10.3. The minimum absolute atomic E-state index is 0.0286. The number of hydrogen-bond acceptors (Lipinski definition) is 5. The van der Waals surface area contributed by atoms with E-state index in [0.29, 0.717) is 6.67 Å². The number of hydrogen-bond donors (Lipinski definition) is 1. The lowest BCUT2D eigenvalue weighted by Gasteiger charge is -2.35. The number of rotatable bonds is 4. The standard InChI is InChI=1S/C25H24N4O2/c1-28-16-29(25(30)21-5-3-4-6-24(21)28)19-11-7-17(8-12-19)22-15-23(27-26-22)18-9-13-20(31-2)14-10-18/h3-14,23,27H,15-16H2,1-2H3. The molecular formula is C25H24N4O2. The number of carbonyl (C=O) groups is 1. The predicted octanol–water partition coefficient (Wildman–Crippen LogP) is 4.19. The maximum atomic E-state index is 13.0. The summed E-state index contributed by atoms with van der Waals surface area (Å²) in [6.07, 6.45) is 0.810. The second-order valence-electron chi connectivity index (χ2n) is 7.85. The van der Waals surface area contributed by atoms with Gasteiger partial charge < -0.3 is 15.1 Å². The van der Waals surface area contributed by atoms with Crippen LogP contribution in [0.2, 0.25) is 0 Å². The third-order valence-electron chi connectivity index (χ3n) is 5.93. The van der Waals surface area contributed by atoms with Crippen molar-refractivity contribution in [3.8, 4) is 5.75 Å². The maximum Gasteiger partial charge on any atom is 0.261 e. The average molecular weight is 412 g/mol. The highest BCUT2D eigenvalue weighted by Crippen LogP contribution is 2.30. The molecule has 1 atom stereocenters. The maximum absolute atomic E-state index is 13.0. The number of hydrazone groups is 1. The van der Waals surface area contributed by atoms with Gasteiger partial charge in [0.25, 0.3) is 5.91 Å². The number of carbonyl (C=O) groups excluding carboxylic acids is 1. The van der Waals surface area contributed by atoms with Crippen molar-refractivity contribution >= 4 is 23.0 Å². The van der Waals surface area contributed by atoms with E-state index in [-0.39, 0.29) is 11.9 Å². The van der Waals surface area contributed by atoms with Gasteiger partial charge in [-0.05, 0) is 47.5 Å². The van der Waals surface area contributed by atoms with Gasteiger partial charge in [-0.2, -0.15) is 5.10 Å². The second-order valence-corrected chi connectivity index (χ2v) is 7.85. The number of methoxy groups -OCH3 is 1. The fourth-order valence-corrected chi connectivity index (χ4v) is 4.17. The Morgan fingerprint density at radius 2 is 1.74 bits per heavy atom. The summed E-state index contributed by atoms with van der Waals surface area (Å²) in [4.78, 5) is 16.9. The van der Waals surface area contributed by atoms with Gasteiger partial charge in [0.1, 0.15) is 5.75 Å². The molecule has 6 heteroatoms. The number of amides is 1. The van der Waals surface area contributed by atoms with Gasteiger partial charge in [-0.25, -0.2) is 0 Å². The Morgan fingerprint density at radius 1 is 1.00 bits per heavy atom. The number of ether oxygens (including phenoxy) is 1. The molecule has 0 spiro atoms. The normalized spacial score (nSPS) is 17.8. The molecule has 0 aliphatic carbocycles. The Balaban J connectivity index is 1.31. The Morgan fingerprint density at radius 3 is 2.48 bits per heavy atom. The van der Waals surface area contributed by atoms with Gasteiger partial charge in [0.15, 0.2) is 0 Å². The Labute approximate surface area is 181 Å². The molecule has 0 fully saturated rings. The van der Waals surface area contributed by atoms with Crippen molar-refractivity contribution in [3.05, 3.63) is 89.5 Å². The molecule has 0 aromatic heterocycles. The van der Waals surface area contributed by atoms with Gasteiger partial charge in [-0.3, -0.25) is 9.69 Å². The third kappa shape index (κ3) is 3.50. The highest BCUT2D eigenvalue weighted by Gasteiger charge is 2.28. The lowest BCUT2D eigenvalue weighted by atomic mass is 9.99. The Bertz CT molecular complexity index is 1140. The van der Waals surface area contributed by atoms with Crippen molar-refractivity contribution in [1.82, 2.24) is 5.43 Å². The van der Waals surface area contributed by atoms with Crippen molar-refractivity contribution in [2.24, 2.45) is 5.10 Å². The predicted molar refractivity (Wildman–Crippen MR) is 123 cm³/mol. The van der Waals surface area contributed by atoms with Crippen LogP contribution in [0.1, 0.15) is 33.9 Å². The first-order valence-electron chi connectivity index (χ1n) is 10.3. The SMILES string of the molecule is COc1ccc(C2CC(c3ccc(N4CN(C)c5ccccc5C4=O)cc3)=NN2)cc1. The van der Waals surface area contributed by atoms with Crippen LogP contribution in [0.3, 0.4) is 0 Å². The summed E-state index contributed by atoms with van der Waals surface area (Å²) in [6.45, 7) is 0.525. The molecule has 3 aromatic carbocycles. The monoisotopic (exact) mass is 412 g/mol. The van der Waals surface area contributed by atoms with Gasteiger partial charge in [0, 0.05) is 19.2 Å². The molecule has 0 saturated carbocycles. The van der Waals surface area contributed by atoms with Crippen LogP contribution in [-0.4, -0.2) is 32.4 Å². The van der Waals surface area contributed by atoms with Crippen LogP contribution in [-0.2, 0) is 0 Å². The summed E-state index contributed by atoms with van der Waals surface area (Å²) < 4.78 is 5.24. The highest BCUT2D eigenvalue weighted by molar-refractivity contribution is 6.12. The Kier molecular flexibility index (Phi) is 4.82. The zero-order chi connectivity index (χ0) is 21.4. The summed E-state index contributed by atoms with van der Waals surface area (Å²) in [5.74, 6) is 0.875. The van der Waals surface area contributed by atoms with Crippen LogP contribution in [0.4, 0.5) is 11.4 Å². The third-order valence-corrected chi connectivity index (χ3v) is 5.93. The molecule has 2 aliphatic heterocycles. The largest absolute Gasteiger partial charge is 0.497 e. The molecule has 3 aromatic rings. The summed E-state index contributed by atoms with van der Waals surface area (Å²) in [6, 6.07) is 24.0. The van der Waals surface area contributed by atoms with E-state index < -0.39 is 0 Å². The van der Waals surface area contributed by atoms with Crippen molar-refractivity contribution in [2.45, 2.75) is 12.5 Å². The molecule has 2 aliphatic rings. The minimum atomic E-state index is 0.0286. The quantitative estimate of drug-likeness (QED) is 0.698. The first kappa shape index (κ1) is 19.2. The van der Waals surface area contributed by atoms with Gasteiger partial charge in [0.05, 0.1) is 36.8 Å². The summed E-state index contributed by atoms with van der Waals surface area (Å²) in [7, 11) is 3.67. The van der Waals surface area contributed by atoms with E-state index in [0.717, 1.165) is 40.4 Å². The fourth-order valence-electron chi connectivity index (χ4n) is 4.17. The molecule has 0 radical (unpaired) electrons. The number of benzene rings is 3. The molecule has 2 heterocycles. The molecule has 1 N–H and O–H groups in total. The van der Waals surface area contributed by atoms with Crippen molar-refractivity contribution in [3.63, 3.8) is 0 Å². The number of para-hydroxylation sites is 1. The molecule has 0 saturated heterocycles. The minimum Gasteiger partial charge on any atom is -0.497 e. The second kappa shape index (κ2) is 7.80. The number of fused-ring (bicyclic) bond motifs is 1. The summed E-state index contributed by atoms with van der Waals surface area (Å²) >= 11 is 0. The van der Waals surface area contributed by atoms with E-state index in [1.807, 2.05) is 67.7 Å². The number of anilines is 2. The zero-order valence-corrected chi connectivity index (χ0v) is 17.6. The molecule has 156 valence electrons. The molecule has 0 bridgehead atoms. The molecular weight excluding hydrogens is 388 g/mol. The van der Waals surface area contributed by atoms with Gasteiger partial charge in [-0.1, -0.05) is 36.4 Å². The molecule has 5 rings (SSSR count). The number of nitrogens with zero attached hydrogens (tertiary/aromatic N) is 3. The zero-order valence-electron chi connectivity index (χ0n) is 17.6. The van der Waals surface area contributed by atoms with Crippen LogP contribution >= 0.6 is 0 Å². The molecule has 1 amide bonds. The highest BCUT2D eigenvalue weighted by atomic mass is 16.5. The van der Waals surface area contributed by atoms with E-state index in [2.05, 4.69) is 27.6 Å². The summed E-state index contributed by atoms with van der Waals surface area (Å²) in [5.41, 5.74) is 9.07. The van der Waals surface area contributed by atoms with E-state index >= 15 is 0 Å². The average Bonchev–Trinajstić information content (AvgIpc) is 3.32. The van der Waals surface area contributed by atoms with Crippen LogP contribution in [0.5, 0.6) is 5.75 Å². The topological polar surface area (TPSA) is 57.2 Å². The van der Waals surface area contributed by atoms with Crippen LogP contribution in [0, 0.1) is 0 Å². The van der Waals surface area contributed by atoms with Crippen LogP contribution in [0.25, 0.3) is 0 Å². The smallest absolute Gasteiger partial charge is 0.261 e. The van der Waals surface area contributed by atoms with Gasteiger partial charge >= 0.3 is 0 Å². The van der Waals surface area contributed by atoms with E-state index in [1.165, 1.54) is 5.56 Å². The lowest BCUT2D eigenvalue weighted by Crippen LogP contribution is -2.45. The number of nitrogens with one attached hydrogen (secondary N) is 1. The molecule has 31 heavy (non-hydrogen) atoms. The van der Waals surface area contributed by atoms with E-state index in [9.17, 15) is 4.79 Å². The lowest BCUT2D eigenvalue weighted by molar-refractivity contribution is 0.0983. The summed E-state index contributed by atoms with van der Waals surface area (Å²) in [5, 5.41) is 4.55. The molecule has 6 nitrogen and oxygen atoms in total. The van der Waals surface area contributed by atoms with Crippen molar-refractivity contribution in [2.75, 3.05) is 30.6 Å². The van der Waals surface area contributed by atoms with E-state index in [1.54, 1.807) is 12.0 Å². The molecule has 1 unspecified atom stereocenters. The Hall–Kier alpha value is -3.80. The van der Waals surface area contributed by atoms with Gasteiger partial charge in [0.2, 0.25) is 0 Å². The van der Waals surface area contributed by atoms with Crippen LogP contribution in [0.15, 0.2) is 77.9 Å². The first-order chi connectivity index (χ1) is 15.1. The van der Waals surface area contributed by atoms with Crippen LogP contribution < -0.4 is 20.0 Å². The van der Waals surface area contributed by atoms with Gasteiger partial charge in [-0.15, -0.1) is 0 Å². The van der Waals surface area contributed by atoms with Crippen molar-refractivity contribution in [1.29, 1.82) is 0 Å². The fraction of sp³-hybridized carbons (Fsp3) is 0.200. The van der Waals surface area contributed by atoms with E-state index in [4.69, 9.17) is 4.74 Å². The van der Waals surface area contributed by atoms with Crippen molar-refractivity contribution < 1.29 is 9.53 Å².